The Morgan fingerprint density at radius 1 is 1.14 bits per heavy atom. The van der Waals surface area contributed by atoms with E-state index in [1.165, 1.54) is 6.07 Å². The zero-order valence-corrected chi connectivity index (χ0v) is 16.9. The Hall–Kier alpha value is -3.10. The molecule has 150 valence electrons. The molecule has 3 aromatic rings. The Bertz CT molecular complexity index is 1030. The molecule has 2 aromatic carbocycles. The second kappa shape index (κ2) is 9.40. The first-order chi connectivity index (χ1) is 13.9. The predicted molar refractivity (Wildman–Crippen MR) is 110 cm³/mol. The Morgan fingerprint density at radius 3 is 2.69 bits per heavy atom. The van der Waals surface area contributed by atoms with Gasteiger partial charge in [0.25, 0.3) is 0 Å². The third-order valence-electron chi connectivity index (χ3n) is 3.69. The molecule has 1 heterocycles. The number of para-hydroxylation sites is 1. The van der Waals surface area contributed by atoms with Crippen molar-refractivity contribution in [2.24, 2.45) is 0 Å². The monoisotopic (exact) mass is 433 g/mol. The van der Waals surface area contributed by atoms with Crippen LogP contribution in [0.5, 0.6) is 5.75 Å². The van der Waals surface area contributed by atoms with Crippen LogP contribution in [0.15, 0.2) is 42.5 Å². The highest BCUT2D eigenvalue weighted by atomic mass is 35.5. The van der Waals surface area contributed by atoms with Crippen LogP contribution in [0, 0.1) is 6.92 Å². The molecule has 0 saturated carbocycles. The van der Waals surface area contributed by atoms with Crippen LogP contribution in [-0.4, -0.2) is 27.5 Å². The zero-order valence-electron chi connectivity index (χ0n) is 15.4. The SMILES string of the molecule is Cc1ccccc1Nc1nc(N)nc(COC(=O)COc2ccc(Cl)cc2Cl)n1. The average Bonchev–Trinajstić information content (AvgIpc) is 2.67. The van der Waals surface area contributed by atoms with Crippen LogP contribution >= 0.6 is 23.2 Å². The van der Waals surface area contributed by atoms with E-state index in [0.29, 0.717) is 15.8 Å². The van der Waals surface area contributed by atoms with E-state index in [9.17, 15) is 4.79 Å². The van der Waals surface area contributed by atoms with E-state index in [0.717, 1.165) is 11.3 Å². The number of nitrogens with one attached hydrogen (secondary N) is 1. The van der Waals surface area contributed by atoms with Gasteiger partial charge < -0.3 is 20.5 Å². The van der Waals surface area contributed by atoms with Crippen LogP contribution in [0.1, 0.15) is 11.4 Å². The summed E-state index contributed by atoms with van der Waals surface area (Å²) in [4.78, 5) is 24.2. The Labute approximate surface area is 177 Å². The fourth-order valence-electron chi connectivity index (χ4n) is 2.31. The predicted octanol–water partition coefficient (Wildman–Crippen LogP) is 3.93. The highest BCUT2D eigenvalue weighted by Crippen LogP contribution is 2.27. The molecule has 0 saturated heterocycles. The van der Waals surface area contributed by atoms with Crippen LogP contribution < -0.4 is 15.8 Å². The lowest BCUT2D eigenvalue weighted by Crippen LogP contribution is -2.16. The second-order valence-electron chi connectivity index (χ2n) is 5.90. The molecule has 1 aromatic heterocycles. The quantitative estimate of drug-likeness (QED) is 0.538. The number of benzene rings is 2. The van der Waals surface area contributed by atoms with Gasteiger partial charge in [-0.15, -0.1) is 0 Å². The fourth-order valence-corrected chi connectivity index (χ4v) is 2.77. The van der Waals surface area contributed by atoms with Crippen molar-refractivity contribution in [1.82, 2.24) is 15.0 Å². The molecule has 0 atom stereocenters. The number of aromatic nitrogens is 3. The largest absolute Gasteiger partial charge is 0.480 e. The molecule has 0 aliphatic heterocycles. The van der Waals surface area contributed by atoms with Gasteiger partial charge in [-0.25, -0.2) is 4.79 Å². The minimum Gasteiger partial charge on any atom is -0.480 e. The summed E-state index contributed by atoms with van der Waals surface area (Å²) in [5.74, 6) is 0.158. The van der Waals surface area contributed by atoms with Gasteiger partial charge in [0, 0.05) is 10.7 Å². The molecule has 0 bridgehead atoms. The number of anilines is 3. The summed E-state index contributed by atoms with van der Waals surface area (Å²) in [6.45, 7) is 1.42. The number of aryl methyl sites for hydroxylation is 1. The molecule has 0 spiro atoms. The number of rotatable bonds is 7. The lowest BCUT2D eigenvalue weighted by molar-refractivity contribution is -0.147. The van der Waals surface area contributed by atoms with Gasteiger partial charge in [0.05, 0.1) is 5.02 Å². The van der Waals surface area contributed by atoms with E-state index >= 15 is 0 Å². The number of hydrogen-bond acceptors (Lipinski definition) is 8. The molecular weight excluding hydrogens is 417 g/mol. The van der Waals surface area contributed by atoms with Crippen LogP contribution in [0.25, 0.3) is 0 Å². The van der Waals surface area contributed by atoms with E-state index in [2.05, 4.69) is 20.3 Å². The van der Waals surface area contributed by atoms with Crippen molar-refractivity contribution < 1.29 is 14.3 Å². The number of esters is 1. The van der Waals surface area contributed by atoms with E-state index in [-0.39, 0.29) is 30.9 Å². The van der Waals surface area contributed by atoms with E-state index < -0.39 is 5.97 Å². The first kappa shape index (κ1) is 20.6. The number of ether oxygens (including phenoxy) is 2. The molecule has 0 unspecified atom stereocenters. The number of carbonyl (C=O) groups excluding carboxylic acids is 1. The molecule has 0 radical (unpaired) electrons. The van der Waals surface area contributed by atoms with Gasteiger partial charge >= 0.3 is 5.97 Å². The molecule has 0 amide bonds. The van der Waals surface area contributed by atoms with Gasteiger partial charge in [-0.3, -0.25) is 0 Å². The Balaban J connectivity index is 1.58. The van der Waals surface area contributed by atoms with Gasteiger partial charge in [0.15, 0.2) is 19.0 Å². The number of carbonyl (C=O) groups is 1. The molecular formula is C19H17Cl2N5O3. The molecule has 29 heavy (non-hydrogen) atoms. The molecule has 0 fully saturated rings. The van der Waals surface area contributed by atoms with Crippen molar-refractivity contribution in [1.29, 1.82) is 0 Å². The van der Waals surface area contributed by atoms with Gasteiger partial charge in [0.1, 0.15) is 5.75 Å². The van der Waals surface area contributed by atoms with Crippen molar-refractivity contribution in [3.63, 3.8) is 0 Å². The summed E-state index contributed by atoms with van der Waals surface area (Å²) in [6.07, 6.45) is 0. The van der Waals surface area contributed by atoms with Crippen molar-refractivity contribution >= 4 is 46.8 Å². The second-order valence-corrected chi connectivity index (χ2v) is 6.74. The van der Waals surface area contributed by atoms with E-state index in [1.807, 2.05) is 31.2 Å². The van der Waals surface area contributed by atoms with Crippen LogP contribution in [0.3, 0.4) is 0 Å². The lowest BCUT2D eigenvalue weighted by Gasteiger charge is -2.10. The maximum Gasteiger partial charge on any atom is 0.344 e. The van der Waals surface area contributed by atoms with Crippen LogP contribution in [-0.2, 0) is 16.1 Å². The van der Waals surface area contributed by atoms with Crippen LogP contribution in [0.2, 0.25) is 10.0 Å². The third kappa shape index (κ3) is 5.94. The first-order valence-corrected chi connectivity index (χ1v) is 9.23. The molecule has 0 aliphatic rings. The fraction of sp³-hybridized carbons (Fsp3) is 0.158. The van der Waals surface area contributed by atoms with Crippen molar-refractivity contribution in [2.75, 3.05) is 17.7 Å². The van der Waals surface area contributed by atoms with Crippen LogP contribution in [0.4, 0.5) is 17.6 Å². The highest BCUT2D eigenvalue weighted by molar-refractivity contribution is 6.35. The van der Waals surface area contributed by atoms with Gasteiger partial charge in [0.2, 0.25) is 11.9 Å². The topological polar surface area (TPSA) is 112 Å². The summed E-state index contributed by atoms with van der Waals surface area (Å²) in [5, 5.41) is 3.82. The Kier molecular flexibility index (Phi) is 6.69. The number of hydrogen-bond donors (Lipinski definition) is 2. The first-order valence-electron chi connectivity index (χ1n) is 8.47. The maximum absolute atomic E-state index is 11.9. The summed E-state index contributed by atoms with van der Waals surface area (Å²) < 4.78 is 10.5. The van der Waals surface area contributed by atoms with E-state index in [4.69, 9.17) is 38.4 Å². The van der Waals surface area contributed by atoms with Crippen molar-refractivity contribution in [3.8, 4) is 5.75 Å². The highest BCUT2D eigenvalue weighted by Gasteiger charge is 2.11. The number of nitrogen functional groups attached to an aromatic ring is 1. The Morgan fingerprint density at radius 2 is 1.93 bits per heavy atom. The molecule has 3 N–H and O–H groups in total. The number of nitrogens with two attached hydrogens (primary N) is 1. The van der Waals surface area contributed by atoms with E-state index in [1.54, 1.807) is 12.1 Å². The summed E-state index contributed by atoms with van der Waals surface area (Å²) in [7, 11) is 0. The minimum atomic E-state index is -0.622. The third-order valence-corrected chi connectivity index (χ3v) is 4.22. The summed E-state index contributed by atoms with van der Waals surface area (Å²) >= 11 is 11.8. The summed E-state index contributed by atoms with van der Waals surface area (Å²) in [6, 6.07) is 12.3. The van der Waals surface area contributed by atoms with Gasteiger partial charge in [-0.05, 0) is 36.8 Å². The molecule has 8 nitrogen and oxygen atoms in total. The van der Waals surface area contributed by atoms with Crippen molar-refractivity contribution in [3.05, 3.63) is 63.9 Å². The smallest absolute Gasteiger partial charge is 0.344 e. The lowest BCUT2D eigenvalue weighted by atomic mass is 10.2. The normalized spacial score (nSPS) is 10.4. The number of halogens is 2. The van der Waals surface area contributed by atoms with Gasteiger partial charge in [-0.2, -0.15) is 15.0 Å². The average molecular weight is 434 g/mol. The number of nitrogens with zero attached hydrogens (tertiary/aromatic N) is 3. The molecule has 0 aliphatic carbocycles. The minimum absolute atomic E-state index is 0.00586. The standard InChI is InChI=1S/C19H17Cl2N5O3/c1-11-4-2-3-5-14(11)23-19-25-16(24-18(22)26-19)9-29-17(27)10-28-15-7-6-12(20)8-13(15)21/h2-8H,9-10H2,1H3,(H3,22,23,24,25,26). The summed E-state index contributed by atoms with van der Waals surface area (Å²) in [5.41, 5.74) is 7.57. The molecule has 10 heteroatoms. The maximum atomic E-state index is 11.9. The zero-order chi connectivity index (χ0) is 20.8. The van der Waals surface area contributed by atoms with Crippen molar-refractivity contribution in [2.45, 2.75) is 13.5 Å². The van der Waals surface area contributed by atoms with Gasteiger partial charge in [-0.1, -0.05) is 41.4 Å². The molecule has 3 rings (SSSR count).